The monoisotopic (exact) mass is 442 g/mol. The fourth-order valence-corrected chi connectivity index (χ4v) is 2.81. The topological polar surface area (TPSA) is 116 Å². The first kappa shape index (κ1) is 16.8. The third-order valence-corrected chi connectivity index (χ3v) is 5.33. The van der Waals surface area contributed by atoms with Crippen LogP contribution in [0.25, 0.3) is 0 Å². The highest BCUT2D eigenvalue weighted by molar-refractivity contribution is 14.1. The van der Waals surface area contributed by atoms with Gasteiger partial charge in [-0.2, -0.15) is 8.42 Å². The van der Waals surface area contributed by atoms with Crippen LogP contribution in [0.15, 0.2) is 17.0 Å². The van der Waals surface area contributed by atoms with E-state index >= 15 is 0 Å². The number of rotatable bonds is 5. The molecule has 10 heteroatoms. The van der Waals surface area contributed by atoms with E-state index in [1.165, 1.54) is 6.07 Å². The lowest BCUT2D eigenvalue weighted by Crippen LogP contribution is -2.23. The lowest BCUT2D eigenvalue weighted by Gasteiger charge is -2.08. The number of halogens is 1. The van der Waals surface area contributed by atoms with E-state index in [2.05, 4.69) is 4.18 Å². The fourth-order valence-electron chi connectivity index (χ4n) is 1.59. The summed E-state index contributed by atoms with van der Waals surface area (Å²) in [6, 6.07) is 2.22. The molecule has 1 aliphatic heterocycles. The molecular formula is C12H11IO8S. The van der Waals surface area contributed by atoms with Gasteiger partial charge in [-0.3, -0.25) is 4.79 Å². The van der Waals surface area contributed by atoms with Gasteiger partial charge >= 0.3 is 22.1 Å². The minimum atomic E-state index is -4.07. The highest BCUT2D eigenvalue weighted by atomic mass is 127. The summed E-state index contributed by atoms with van der Waals surface area (Å²) in [7, 11) is -4.07. The van der Waals surface area contributed by atoms with Gasteiger partial charge in [0.15, 0.2) is 23.0 Å². The third-order valence-electron chi connectivity index (χ3n) is 2.69. The molecule has 1 heterocycles. The molecule has 0 aliphatic carbocycles. The molecule has 1 aliphatic rings. The number of fused-ring (bicyclic) bond motifs is 2. The van der Waals surface area contributed by atoms with Gasteiger partial charge in [0.2, 0.25) is 5.75 Å². The van der Waals surface area contributed by atoms with Crippen molar-refractivity contribution in [3.63, 3.8) is 0 Å². The number of phenolic OH excluding ortho intramolecular Hbond substituents is 1. The second-order valence-corrected chi connectivity index (χ2v) is 7.25. The number of alkyl halides is 1. The first-order chi connectivity index (χ1) is 10.3. The summed E-state index contributed by atoms with van der Waals surface area (Å²) in [6.07, 6.45) is 0.555. The minimum absolute atomic E-state index is 0.273. The van der Waals surface area contributed by atoms with E-state index in [1.807, 2.05) is 22.6 Å². The standard InChI is InChI=1S/C12H11IO8S/c1-2-6(13)12(16)19-5-9(14)20-7-3-4-8-10(15)11(7)21-22(8,17)18/h3-4,6,15H,2,5H2,1H3. The summed E-state index contributed by atoms with van der Waals surface area (Å²) >= 11 is 1.88. The van der Waals surface area contributed by atoms with Crippen molar-refractivity contribution >= 4 is 44.6 Å². The van der Waals surface area contributed by atoms with Crippen molar-refractivity contribution in [2.24, 2.45) is 0 Å². The fraction of sp³-hybridized carbons (Fsp3) is 0.333. The summed E-state index contributed by atoms with van der Waals surface area (Å²) < 4.78 is 36.7. The average Bonchev–Trinajstić information content (AvgIpc) is 2.60. The molecule has 0 aromatic heterocycles. The number of carbonyl (C=O) groups excluding carboxylic acids is 2. The van der Waals surface area contributed by atoms with Crippen LogP contribution in [-0.2, 0) is 24.4 Å². The van der Waals surface area contributed by atoms with Gasteiger partial charge in [-0.15, -0.1) is 0 Å². The van der Waals surface area contributed by atoms with Crippen molar-refractivity contribution in [3.8, 4) is 17.2 Å². The minimum Gasteiger partial charge on any atom is -0.503 e. The summed E-state index contributed by atoms with van der Waals surface area (Å²) in [4.78, 5) is 22.6. The van der Waals surface area contributed by atoms with Crippen LogP contribution in [0.1, 0.15) is 13.3 Å². The second kappa shape index (κ2) is 6.28. The van der Waals surface area contributed by atoms with Gasteiger partial charge in [0.1, 0.15) is 3.92 Å². The highest BCUT2D eigenvalue weighted by Crippen LogP contribution is 2.48. The molecule has 120 valence electrons. The molecule has 0 saturated carbocycles. The van der Waals surface area contributed by atoms with E-state index < -0.39 is 45.1 Å². The van der Waals surface area contributed by atoms with Crippen LogP contribution in [0.2, 0.25) is 0 Å². The van der Waals surface area contributed by atoms with E-state index in [4.69, 9.17) is 9.47 Å². The summed E-state index contributed by atoms with van der Waals surface area (Å²) in [5, 5.41) is 9.64. The van der Waals surface area contributed by atoms with E-state index in [1.54, 1.807) is 6.92 Å². The van der Waals surface area contributed by atoms with Crippen molar-refractivity contribution in [2.75, 3.05) is 6.61 Å². The Kier molecular flexibility index (Phi) is 4.80. The zero-order valence-corrected chi connectivity index (χ0v) is 14.2. The van der Waals surface area contributed by atoms with Crippen LogP contribution < -0.4 is 8.92 Å². The van der Waals surface area contributed by atoms with E-state index in [0.717, 1.165) is 6.07 Å². The predicted molar refractivity (Wildman–Crippen MR) is 80.6 cm³/mol. The number of ether oxygens (including phenoxy) is 2. The number of esters is 2. The Morgan fingerprint density at radius 2 is 2.09 bits per heavy atom. The smallest absolute Gasteiger partial charge is 0.349 e. The van der Waals surface area contributed by atoms with Gasteiger partial charge < -0.3 is 18.8 Å². The third kappa shape index (κ3) is 3.27. The van der Waals surface area contributed by atoms with Crippen LogP contribution in [0, 0.1) is 0 Å². The lowest BCUT2D eigenvalue weighted by molar-refractivity contribution is -0.153. The number of benzene rings is 1. The molecule has 1 atom stereocenters. The normalized spacial score (nSPS) is 15.7. The molecule has 0 spiro atoms. The van der Waals surface area contributed by atoms with Gasteiger partial charge in [0.25, 0.3) is 0 Å². The molecular weight excluding hydrogens is 431 g/mol. The van der Waals surface area contributed by atoms with Crippen molar-refractivity contribution in [1.29, 1.82) is 0 Å². The van der Waals surface area contributed by atoms with Crippen molar-refractivity contribution in [2.45, 2.75) is 22.2 Å². The van der Waals surface area contributed by atoms with Crippen LogP contribution in [0.3, 0.4) is 0 Å². The molecule has 1 N–H and O–H groups in total. The largest absolute Gasteiger partial charge is 0.503 e. The maximum atomic E-state index is 11.6. The average molecular weight is 442 g/mol. The van der Waals surface area contributed by atoms with Gasteiger partial charge in [0, 0.05) is 0 Å². The Morgan fingerprint density at radius 3 is 2.73 bits per heavy atom. The van der Waals surface area contributed by atoms with Crippen molar-refractivity contribution in [1.82, 2.24) is 0 Å². The molecule has 0 amide bonds. The van der Waals surface area contributed by atoms with E-state index in [0.29, 0.717) is 6.42 Å². The second-order valence-electron chi connectivity index (χ2n) is 4.23. The molecule has 8 nitrogen and oxygen atoms in total. The molecule has 0 saturated heterocycles. The lowest BCUT2D eigenvalue weighted by atomic mass is 10.3. The number of phenols is 1. The molecule has 2 rings (SSSR count). The van der Waals surface area contributed by atoms with Crippen molar-refractivity contribution in [3.05, 3.63) is 12.1 Å². The van der Waals surface area contributed by atoms with Crippen LogP contribution in [-0.4, -0.2) is 36.0 Å². The van der Waals surface area contributed by atoms with Gasteiger partial charge in [-0.25, -0.2) is 4.79 Å². The van der Waals surface area contributed by atoms with Gasteiger partial charge in [-0.1, -0.05) is 29.5 Å². The SMILES string of the molecule is CCC(I)C(=O)OCC(=O)Oc1ccc2c(O)c1OS2(=O)=O. The molecule has 2 bridgehead atoms. The number of hydrogen-bond acceptors (Lipinski definition) is 8. The number of aromatic hydroxyl groups is 1. The Hall–Kier alpha value is -1.56. The zero-order chi connectivity index (χ0) is 16.5. The number of carbonyl (C=O) groups is 2. The predicted octanol–water partition coefficient (Wildman–Crippen LogP) is 1.14. The maximum Gasteiger partial charge on any atom is 0.349 e. The van der Waals surface area contributed by atoms with Crippen LogP contribution in [0.4, 0.5) is 0 Å². The molecule has 1 aromatic rings. The molecule has 22 heavy (non-hydrogen) atoms. The molecule has 0 radical (unpaired) electrons. The van der Waals surface area contributed by atoms with Crippen LogP contribution >= 0.6 is 22.6 Å². The van der Waals surface area contributed by atoms with E-state index in [-0.39, 0.29) is 9.67 Å². The van der Waals surface area contributed by atoms with E-state index in [9.17, 15) is 23.1 Å². The summed E-state index contributed by atoms with van der Waals surface area (Å²) in [5.74, 6) is -2.84. The molecule has 1 aromatic carbocycles. The van der Waals surface area contributed by atoms with Crippen molar-refractivity contribution < 1.29 is 36.8 Å². The quantitative estimate of drug-likeness (QED) is 0.237. The Morgan fingerprint density at radius 1 is 1.41 bits per heavy atom. The maximum absolute atomic E-state index is 11.6. The zero-order valence-electron chi connectivity index (χ0n) is 11.2. The van der Waals surface area contributed by atoms with Gasteiger partial charge in [0.05, 0.1) is 0 Å². The first-order valence-corrected chi connectivity index (χ1v) is 8.73. The van der Waals surface area contributed by atoms with Crippen LogP contribution in [0.5, 0.6) is 17.2 Å². The number of hydrogen-bond donors (Lipinski definition) is 1. The molecule has 1 unspecified atom stereocenters. The van der Waals surface area contributed by atoms with Gasteiger partial charge in [-0.05, 0) is 18.6 Å². The summed E-state index contributed by atoms with van der Waals surface area (Å²) in [5.41, 5.74) is 0. The Labute approximate surface area is 139 Å². The Balaban J connectivity index is 2.02. The Bertz CT molecular complexity index is 727. The first-order valence-electron chi connectivity index (χ1n) is 6.08. The molecule has 0 fully saturated rings. The highest BCUT2D eigenvalue weighted by Gasteiger charge is 2.36. The summed E-state index contributed by atoms with van der Waals surface area (Å²) in [6.45, 7) is 1.16.